The Bertz CT molecular complexity index is 639. The van der Waals surface area contributed by atoms with Crippen LogP contribution in [-0.2, 0) is 11.3 Å². The lowest BCUT2D eigenvalue weighted by molar-refractivity contribution is -0.122. The molecule has 0 radical (unpaired) electrons. The van der Waals surface area contributed by atoms with E-state index in [1.165, 1.54) is 0 Å². The molecule has 6 nitrogen and oxygen atoms in total. The lowest BCUT2D eigenvalue weighted by Gasteiger charge is -2.31. The van der Waals surface area contributed by atoms with Crippen molar-refractivity contribution in [1.29, 1.82) is 0 Å². The zero-order chi connectivity index (χ0) is 16.1. The van der Waals surface area contributed by atoms with Gasteiger partial charge in [0, 0.05) is 24.4 Å². The normalized spacial score (nSPS) is 18.7. The summed E-state index contributed by atoms with van der Waals surface area (Å²) < 4.78 is 0. The van der Waals surface area contributed by atoms with Gasteiger partial charge in [-0.05, 0) is 44.5 Å². The van der Waals surface area contributed by atoms with Gasteiger partial charge in [0.05, 0.1) is 24.5 Å². The van der Waals surface area contributed by atoms with E-state index in [9.17, 15) is 4.79 Å². The van der Waals surface area contributed by atoms with Gasteiger partial charge in [-0.3, -0.25) is 19.8 Å². The van der Waals surface area contributed by atoms with Crippen molar-refractivity contribution in [2.75, 3.05) is 19.6 Å². The van der Waals surface area contributed by atoms with Crippen LogP contribution in [0.25, 0.3) is 0 Å². The van der Waals surface area contributed by atoms with Crippen LogP contribution in [0.3, 0.4) is 0 Å². The zero-order valence-electron chi connectivity index (χ0n) is 13.5. The van der Waals surface area contributed by atoms with Crippen molar-refractivity contribution < 1.29 is 4.79 Å². The van der Waals surface area contributed by atoms with Gasteiger partial charge < -0.3 is 5.32 Å². The summed E-state index contributed by atoms with van der Waals surface area (Å²) in [6.07, 6.45) is 3.98. The average Bonchev–Trinajstić information content (AvgIpc) is 3.01. The van der Waals surface area contributed by atoms with Crippen molar-refractivity contribution in [1.82, 2.24) is 25.4 Å². The number of aromatic nitrogens is 3. The first kappa shape index (κ1) is 15.7. The third-order valence-corrected chi connectivity index (χ3v) is 4.21. The summed E-state index contributed by atoms with van der Waals surface area (Å²) in [6.45, 7) is 4.79. The topological polar surface area (TPSA) is 73.9 Å². The van der Waals surface area contributed by atoms with E-state index in [1.807, 2.05) is 25.1 Å². The van der Waals surface area contributed by atoms with Gasteiger partial charge in [0.1, 0.15) is 0 Å². The molecule has 3 rings (SSSR count). The monoisotopic (exact) mass is 313 g/mol. The minimum absolute atomic E-state index is 0.0505. The predicted octanol–water partition coefficient (Wildman–Crippen LogP) is 1.61. The molecule has 1 amide bonds. The van der Waals surface area contributed by atoms with E-state index in [2.05, 4.69) is 31.5 Å². The molecule has 1 aliphatic heterocycles. The molecule has 0 aliphatic carbocycles. The summed E-state index contributed by atoms with van der Waals surface area (Å²) in [5.41, 5.74) is 3.08. The lowest BCUT2D eigenvalue weighted by atomic mass is 9.94. The summed E-state index contributed by atoms with van der Waals surface area (Å²) in [6, 6.07) is 7.82. The van der Waals surface area contributed by atoms with Crippen molar-refractivity contribution in [2.45, 2.75) is 32.2 Å². The van der Waals surface area contributed by atoms with Gasteiger partial charge >= 0.3 is 0 Å². The number of piperidine rings is 1. The molecule has 0 saturated carbocycles. The fraction of sp³-hybridized carbons (Fsp3) is 0.471. The quantitative estimate of drug-likeness (QED) is 0.879. The van der Waals surface area contributed by atoms with Gasteiger partial charge in [0.25, 0.3) is 0 Å². The Kier molecular flexibility index (Phi) is 5.02. The van der Waals surface area contributed by atoms with Crippen LogP contribution in [0.1, 0.15) is 35.8 Å². The number of nitrogens with one attached hydrogen (secondary N) is 2. The highest BCUT2D eigenvalue weighted by atomic mass is 16.2. The molecule has 0 bridgehead atoms. The molecule has 1 atom stereocenters. The highest BCUT2D eigenvalue weighted by Gasteiger charge is 2.24. The number of hydrogen-bond acceptors (Lipinski definition) is 4. The van der Waals surface area contributed by atoms with E-state index in [0.29, 0.717) is 19.0 Å². The van der Waals surface area contributed by atoms with Gasteiger partial charge in [-0.1, -0.05) is 6.07 Å². The van der Waals surface area contributed by atoms with Gasteiger partial charge in [-0.15, -0.1) is 0 Å². The summed E-state index contributed by atoms with van der Waals surface area (Å²) >= 11 is 0. The lowest BCUT2D eigenvalue weighted by Crippen LogP contribution is -2.42. The molecule has 2 aromatic heterocycles. The van der Waals surface area contributed by atoms with Crippen molar-refractivity contribution in [3.05, 3.63) is 47.5 Å². The molecule has 0 unspecified atom stereocenters. The van der Waals surface area contributed by atoms with Gasteiger partial charge in [-0.2, -0.15) is 5.10 Å². The Morgan fingerprint density at radius 3 is 3.13 bits per heavy atom. The molecule has 122 valence electrons. The Labute approximate surface area is 136 Å². The molecule has 2 N–H and O–H groups in total. The molecular formula is C17H23N5O. The largest absolute Gasteiger partial charge is 0.349 e. The van der Waals surface area contributed by atoms with E-state index in [0.717, 1.165) is 43.0 Å². The third kappa shape index (κ3) is 4.39. The molecule has 0 spiro atoms. The predicted molar refractivity (Wildman–Crippen MR) is 87.8 cm³/mol. The molecule has 1 aliphatic rings. The van der Waals surface area contributed by atoms with E-state index in [-0.39, 0.29) is 5.91 Å². The standard InChI is InChI=1S/C17H23N5O/c1-13-9-16(21-20-13)14-5-4-8-22(11-14)12-17(23)19-10-15-6-2-3-7-18-15/h2-3,6-7,9,14H,4-5,8,10-12H2,1H3,(H,19,23)(H,20,21)/t14-/m0/s1. The number of hydrogen-bond donors (Lipinski definition) is 2. The summed E-state index contributed by atoms with van der Waals surface area (Å²) in [5, 5.41) is 10.3. The fourth-order valence-corrected chi connectivity index (χ4v) is 3.04. The summed E-state index contributed by atoms with van der Waals surface area (Å²) in [5.74, 6) is 0.465. The number of carbonyl (C=O) groups is 1. The number of carbonyl (C=O) groups excluding carboxylic acids is 1. The van der Waals surface area contributed by atoms with Crippen molar-refractivity contribution in [3.63, 3.8) is 0 Å². The molecule has 2 aromatic rings. The second-order valence-electron chi connectivity index (χ2n) is 6.15. The first-order valence-corrected chi connectivity index (χ1v) is 8.11. The smallest absolute Gasteiger partial charge is 0.234 e. The molecule has 6 heteroatoms. The van der Waals surface area contributed by atoms with Crippen molar-refractivity contribution in [2.24, 2.45) is 0 Å². The van der Waals surface area contributed by atoms with Crippen LogP contribution >= 0.6 is 0 Å². The van der Waals surface area contributed by atoms with Crippen LogP contribution in [-0.4, -0.2) is 45.6 Å². The molecule has 1 saturated heterocycles. The number of nitrogens with zero attached hydrogens (tertiary/aromatic N) is 3. The van der Waals surface area contributed by atoms with Crippen LogP contribution in [0.4, 0.5) is 0 Å². The van der Waals surface area contributed by atoms with Crippen LogP contribution in [0.5, 0.6) is 0 Å². The SMILES string of the molecule is Cc1cc([C@H]2CCCN(CC(=O)NCc3ccccn3)C2)n[nH]1. The Balaban J connectivity index is 1.48. The number of rotatable bonds is 5. The highest BCUT2D eigenvalue weighted by molar-refractivity contribution is 5.77. The van der Waals surface area contributed by atoms with Crippen molar-refractivity contribution in [3.8, 4) is 0 Å². The number of pyridine rings is 1. The average molecular weight is 313 g/mol. The molecule has 23 heavy (non-hydrogen) atoms. The van der Waals surface area contributed by atoms with Gasteiger partial charge in [-0.25, -0.2) is 0 Å². The van der Waals surface area contributed by atoms with Crippen molar-refractivity contribution >= 4 is 5.91 Å². The minimum Gasteiger partial charge on any atom is -0.349 e. The summed E-state index contributed by atoms with van der Waals surface area (Å²) in [7, 11) is 0. The maximum atomic E-state index is 12.1. The molecular weight excluding hydrogens is 290 g/mol. The number of amides is 1. The van der Waals surface area contributed by atoms with E-state index >= 15 is 0 Å². The highest BCUT2D eigenvalue weighted by Crippen LogP contribution is 2.25. The summed E-state index contributed by atoms with van der Waals surface area (Å²) in [4.78, 5) is 18.6. The Morgan fingerprint density at radius 1 is 1.48 bits per heavy atom. The maximum absolute atomic E-state index is 12.1. The molecule has 3 heterocycles. The first-order chi connectivity index (χ1) is 11.2. The maximum Gasteiger partial charge on any atom is 0.234 e. The van der Waals surface area contributed by atoms with Crippen LogP contribution < -0.4 is 5.32 Å². The second-order valence-corrected chi connectivity index (χ2v) is 6.15. The second kappa shape index (κ2) is 7.37. The number of H-pyrrole nitrogens is 1. The van der Waals surface area contributed by atoms with Gasteiger partial charge in [0.15, 0.2) is 0 Å². The fourth-order valence-electron chi connectivity index (χ4n) is 3.04. The number of aromatic amines is 1. The number of aryl methyl sites for hydroxylation is 1. The molecule has 0 aromatic carbocycles. The number of likely N-dealkylation sites (tertiary alicyclic amines) is 1. The van der Waals surface area contributed by atoms with Crippen LogP contribution in [0, 0.1) is 6.92 Å². The van der Waals surface area contributed by atoms with Crippen LogP contribution in [0.15, 0.2) is 30.5 Å². The molecule has 1 fully saturated rings. The third-order valence-electron chi connectivity index (χ3n) is 4.21. The van der Waals surface area contributed by atoms with Crippen LogP contribution in [0.2, 0.25) is 0 Å². The van der Waals surface area contributed by atoms with E-state index < -0.39 is 0 Å². The minimum atomic E-state index is 0.0505. The van der Waals surface area contributed by atoms with E-state index in [4.69, 9.17) is 0 Å². The Hall–Kier alpha value is -2.21. The zero-order valence-corrected chi connectivity index (χ0v) is 13.5. The Morgan fingerprint density at radius 2 is 2.39 bits per heavy atom. The first-order valence-electron chi connectivity index (χ1n) is 8.11. The van der Waals surface area contributed by atoms with E-state index in [1.54, 1.807) is 6.20 Å². The van der Waals surface area contributed by atoms with Gasteiger partial charge in [0.2, 0.25) is 5.91 Å².